The first-order valence-electron chi connectivity index (χ1n) is 10.9. The molecule has 31 heavy (non-hydrogen) atoms. The van der Waals surface area contributed by atoms with E-state index in [2.05, 4.69) is 0 Å². The number of carbonyl (C=O) groups excluding carboxylic acids is 2. The van der Waals surface area contributed by atoms with E-state index < -0.39 is 0 Å². The molecule has 0 N–H and O–H groups in total. The predicted molar refractivity (Wildman–Crippen MR) is 121 cm³/mol. The zero-order chi connectivity index (χ0) is 21.8. The zero-order valence-corrected chi connectivity index (χ0v) is 19.0. The number of amides is 2. The second-order valence-electron chi connectivity index (χ2n) is 8.26. The largest absolute Gasteiger partial charge is 0.383 e. The van der Waals surface area contributed by atoms with Crippen molar-refractivity contribution in [2.75, 3.05) is 26.8 Å². The highest BCUT2D eigenvalue weighted by atomic mass is 32.1. The average Bonchev–Trinajstić information content (AvgIpc) is 3.55. The molecule has 166 valence electrons. The number of aromatic nitrogens is 1. The maximum absolute atomic E-state index is 13.4. The number of nitrogens with zero attached hydrogens (tertiary/aromatic N) is 4. The Labute approximate surface area is 187 Å². The van der Waals surface area contributed by atoms with E-state index in [1.165, 1.54) is 0 Å². The summed E-state index contributed by atoms with van der Waals surface area (Å²) in [6.07, 6.45) is 6.63. The van der Waals surface area contributed by atoms with Crippen molar-refractivity contribution in [1.82, 2.24) is 14.5 Å². The van der Waals surface area contributed by atoms with Crippen LogP contribution in [0.2, 0.25) is 0 Å². The molecule has 2 amide bonds. The van der Waals surface area contributed by atoms with Crippen molar-refractivity contribution < 1.29 is 14.3 Å². The van der Waals surface area contributed by atoms with Crippen LogP contribution in [-0.2, 0) is 21.4 Å². The highest BCUT2D eigenvalue weighted by Crippen LogP contribution is 2.34. The standard InChI is InChI=1S/C23H30N4O3S/c1-25-11-5-9-19(25)20-15-18(21-10-6-14-31-21)24-27(20)22(28)16-26(12-13-30-2)23(29)17-7-3-4-8-17/h5-6,9-11,14,17,20H,3-4,7-8,12-13,15-16H2,1-2H3/t20-/m1/s1. The number of aryl methyl sites for hydroxylation is 1. The van der Waals surface area contributed by atoms with Gasteiger partial charge in [0.15, 0.2) is 0 Å². The molecule has 0 spiro atoms. The average molecular weight is 443 g/mol. The first kappa shape index (κ1) is 21.8. The fourth-order valence-electron chi connectivity index (χ4n) is 4.52. The van der Waals surface area contributed by atoms with Gasteiger partial charge >= 0.3 is 0 Å². The number of methoxy groups -OCH3 is 1. The molecule has 8 heteroatoms. The van der Waals surface area contributed by atoms with E-state index in [0.717, 1.165) is 42.0 Å². The number of ether oxygens (including phenoxy) is 1. The van der Waals surface area contributed by atoms with Crippen molar-refractivity contribution in [3.05, 3.63) is 46.4 Å². The predicted octanol–water partition coefficient (Wildman–Crippen LogP) is 3.43. The van der Waals surface area contributed by atoms with Gasteiger partial charge in [0.2, 0.25) is 5.91 Å². The summed E-state index contributed by atoms with van der Waals surface area (Å²) in [5.41, 5.74) is 1.95. The molecule has 0 aromatic carbocycles. The van der Waals surface area contributed by atoms with Crippen LogP contribution in [0.4, 0.5) is 0 Å². The number of rotatable bonds is 8. The molecule has 2 aliphatic rings. The van der Waals surface area contributed by atoms with E-state index in [1.54, 1.807) is 28.4 Å². The maximum Gasteiger partial charge on any atom is 0.262 e. The van der Waals surface area contributed by atoms with E-state index in [-0.39, 0.29) is 30.3 Å². The van der Waals surface area contributed by atoms with Crippen LogP contribution in [0.25, 0.3) is 0 Å². The lowest BCUT2D eigenvalue weighted by Gasteiger charge is -2.28. The molecular weight excluding hydrogens is 412 g/mol. The van der Waals surface area contributed by atoms with Crippen molar-refractivity contribution in [2.45, 2.75) is 38.1 Å². The van der Waals surface area contributed by atoms with Crippen LogP contribution in [0.5, 0.6) is 0 Å². The van der Waals surface area contributed by atoms with E-state index >= 15 is 0 Å². The molecule has 2 aromatic heterocycles. The second-order valence-corrected chi connectivity index (χ2v) is 9.21. The Morgan fingerprint density at radius 2 is 2.06 bits per heavy atom. The Morgan fingerprint density at radius 1 is 1.26 bits per heavy atom. The van der Waals surface area contributed by atoms with Gasteiger partial charge in [-0.1, -0.05) is 18.9 Å². The van der Waals surface area contributed by atoms with Crippen LogP contribution in [0.1, 0.15) is 48.7 Å². The smallest absolute Gasteiger partial charge is 0.262 e. The minimum absolute atomic E-state index is 0.0251. The molecule has 3 heterocycles. The summed E-state index contributed by atoms with van der Waals surface area (Å²) < 4.78 is 7.24. The van der Waals surface area contributed by atoms with Gasteiger partial charge in [0.05, 0.1) is 17.2 Å². The van der Waals surface area contributed by atoms with E-state index in [0.29, 0.717) is 19.6 Å². The van der Waals surface area contributed by atoms with Crippen LogP contribution in [0, 0.1) is 5.92 Å². The topological polar surface area (TPSA) is 67.1 Å². The van der Waals surface area contributed by atoms with Gasteiger partial charge in [-0.15, -0.1) is 11.3 Å². The summed E-state index contributed by atoms with van der Waals surface area (Å²) in [5.74, 6) is -0.0581. The normalized spacial score (nSPS) is 19.1. The third kappa shape index (κ3) is 4.75. The van der Waals surface area contributed by atoms with Crippen LogP contribution < -0.4 is 0 Å². The Hall–Kier alpha value is -2.45. The molecular formula is C23H30N4O3S. The first-order valence-corrected chi connectivity index (χ1v) is 11.8. The first-order chi connectivity index (χ1) is 15.1. The lowest BCUT2D eigenvalue weighted by molar-refractivity contribution is -0.144. The molecule has 1 aliphatic carbocycles. The van der Waals surface area contributed by atoms with Gasteiger partial charge < -0.3 is 14.2 Å². The Kier molecular flexibility index (Phi) is 6.87. The molecule has 1 aliphatic heterocycles. The van der Waals surface area contributed by atoms with Crippen LogP contribution in [-0.4, -0.2) is 58.8 Å². The molecule has 1 atom stereocenters. The van der Waals surface area contributed by atoms with Gasteiger partial charge in [-0.25, -0.2) is 5.01 Å². The molecule has 2 aromatic rings. The fourth-order valence-corrected chi connectivity index (χ4v) is 5.24. The summed E-state index contributed by atoms with van der Waals surface area (Å²) >= 11 is 1.63. The number of hydrogen-bond acceptors (Lipinski definition) is 5. The summed E-state index contributed by atoms with van der Waals surface area (Å²) in [6, 6.07) is 7.88. The van der Waals surface area contributed by atoms with Crippen molar-refractivity contribution in [3.63, 3.8) is 0 Å². The Morgan fingerprint density at radius 3 is 2.71 bits per heavy atom. The number of thiophene rings is 1. The van der Waals surface area contributed by atoms with E-state index in [4.69, 9.17) is 9.84 Å². The summed E-state index contributed by atoms with van der Waals surface area (Å²) in [6.45, 7) is 0.860. The molecule has 0 unspecified atom stereocenters. The molecule has 7 nitrogen and oxygen atoms in total. The second kappa shape index (κ2) is 9.78. The lowest BCUT2D eigenvalue weighted by atomic mass is 10.1. The summed E-state index contributed by atoms with van der Waals surface area (Å²) in [5, 5.41) is 8.34. The van der Waals surface area contributed by atoms with Gasteiger partial charge in [0.25, 0.3) is 5.91 Å². The number of hydrazone groups is 1. The maximum atomic E-state index is 13.4. The molecule has 0 radical (unpaired) electrons. The van der Waals surface area contributed by atoms with E-state index in [9.17, 15) is 9.59 Å². The van der Waals surface area contributed by atoms with E-state index in [1.807, 2.05) is 47.5 Å². The van der Waals surface area contributed by atoms with Gasteiger partial charge in [-0.2, -0.15) is 5.10 Å². The quantitative estimate of drug-likeness (QED) is 0.629. The summed E-state index contributed by atoms with van der Waals surface area (Å²) in [4.78, 5) is 29.3. The molecule has 1 saturated carbocycles. The summed E-state index contributed by atoms with van der Waals surface area (Å²) in [7, 11) is 3.60. The minimum Gasteiger partial charge on any atom is -0.383 e. The van der Waals surface area contributed by atoms with Crippen molar-refractivity contribution in [2.24, 2.45) is 18.1 Å². The number of hydrogen-bond donors (Lipinski definition) is 0. The van der Waals surface area contributed by atoms with Crippen molar-refractivity contribution in [1.29, 1.82) is 0 Å². The Bertz CT molecular complexity index is 931. The molecule has 4 rings (SSSR count). The van der Waals surface area contributed by atoms with Crippen LogP contribution in [0.3, 0.4) is 0 Å². The molecule has 1 fully saturated rings. The van der Waals surface area contributed by atoms with Crippen LogP contribution in [0.15, 0.2) is 40.9 Å². The Balaban J connectivity index is 1.56. The lowest BCUT2D eigenvalue weighted by Crippen LogP contribution is -2.44. The van der Waals surface area contributed by atoms with Gasteiger partial charge in [-0.3, -0.25) is 9.59 Å². The third-order valence-corrected chi connectivity index (χ3v) is 7.12. The monoisotopic (exact) mass is 442 g/mol. The zero-order valence-electron chi connectivity index (χ0n) is 18.2. The van der Waals surface area contributed by atoms with Crippen molar-refractivity contribution in [3.8, 4) is 0 Å². The molecule has 0 saturated heterocycles. The van der Waals surface area contributed by atoms with Gasteiger partial charge in [0, 0.05) is 44.9 Å². The number of carbonyl (C=O) groups is 2. The van der Waals surface area contributed by atoms with Crippen molar-refractivity contribution >= 4 is 28.9 Å². The van der Waals surface area contributed by atoms with Gasteiger partial charge in [0.1, 0.15) is 12.6 Å². The SMILES string of the molecule is COCCN(CC(=O)N1N=C(c2cccs2)C[C@@H]1c1cccn1C)C(=O)C1CCCC1. The highest BCUT2D eigenvalue weighted by Gasteiger charge is 2.36. The molecule has 0 bridgehead atoms. The highest BCUT2D eigenvalue weighted by molar-refractivity contribution is 7.12. The third-order valence-electron chi connectivity index (χ3n) is 6.20. The fraction of sp³-hybridized carbons (Fsp3) is 0.522. The van der Waals surface area contributed by atoms with Gasteiger partial charge in [-0.05, 0) is 36.4 Å². The van der Waals surface area contributed by atoms with Crippen LogP contribution >= 0.6 is 11.3 Å². The minimum atomic E-state index is -0.171.